The van der Waals surface area contributed by atoms with Crippen molar-refractivity contribution in [1.82, 2.24) is 4.90 Å². The van der Waals surface area contributed by atoms with Gasteiger partial charge in [0.05, 0.1) is 19.8 Å². The summed E-state index contributed by atoms with van der Waals surface area (Å²) in [6, 6.07) is 7.51. The SMILES string of the molecule is CCC1COCCN1CC(=O)Nc1ccc(N)cc1. The number of nitrogen functional groups attached to an aromatic ring is 1. The average molecular weight is 263 g/mol. The molecule has 3 N–H and O–H groups in total. The minimum Gasteiger partial charge on any atom is -0.399 e. The molecule has 19 heavy (non-hydrogen) atoms. The summed E-state index contributed by atoms with van der Waals surface area (Å²) in [7, 11) is 0. The van der Waals surface area contributed by atoms with E-state index >= 15 is 0 Å². The van der Waals surface area contributed by atoms with Crippen molar-refractivity contribution in [2.24, 2.45) is 0 Å². The van der Waals surface area contributed by atoms with Crippen LogP contribution >= 0.6 is 0 Å². The van der Waals surface area contributed by atoms with E-state index in [9.17, 15) is 4.79 Å². The molecule has 1 heterocycles. The first-order valence-electron chi connectivity index (χ1n) is 6.66. The molecule has 0 aliphatic carbocycles. The highest BCUT2D eigenvalue weighted by Gasteiger charge is 2.23. The Labute approximate surface area is 113 Å². The standard InChI is InChI=1S/C14H21N3O2/c1-2-13-10-19-8-7-17(13)9-14(18)16-12-5-3-11(15)4-6-12/h3-6,13H,2,7-10,15H2,1H3,(H,16,18). The van der Waals surface area contributed by atoms with Crippen LogP contribution in [0, 0.1) is 0 Å². The number of hydrogen-bond acceptors (Lipinski definition) is 4. The van der Waals surface area contributed by atoms with Crippen LogP contribution in [-0.4, -0.2) is 43.2 Å². The van der Waals surface area contributed by atoms with Crippen LogP contribution in [0.2, 0.25) is 0 Å². The molecule has 0 bridgehead atoms. The number of nitrogens with zero attached hydrogens (tertiary/aromatic N) is 1. The zero-order valence-electron chi connectivity index (χ0n) is 11.3. The lowest BCUT2D eigenvalue weighted by molar-refractivity contribution is -0.119. The fourth-order valence-corrected chi connectivity index (χ4v) is 2.22. The molecule has 0 radical (unpaired) electrons. The summed E-state index contributed by atoms with van der Waals surface area (Å²) in [5, 5.41) is 2.88. The Morgan fingerprint density at radius 3 is 2.89 bits per heavy atom. The molecule has 2 rings (SSSR count). The molecular weight excluding hydrogens is 242 g/mol. The average Bonchev–Trinajstić information content (AvgIpc) is 2.42. The molecule has 1 amide bonds. The molecule has 1 aromatic rings. The van der Waals surface area contributed by atoms with Crippen LogP contribution in [0.4, 0.5) is 11.4 Å². The van der Waals surface area contributed by atoms with Gasteiger partial charge in [-0.25, -0.2) is 0 Å². The molecule has 104 valence electrons. The zero-order chi connectivity index (χ0) is 13.7. The summed E-state index contributed by atoms with van der Waals surface area (Å²) in [6.07, 6.45) is 0.995. The summed E-state index contributed by atoms with van der Waals surface area (Å²) in [4.78, 5) is 14.2. The number of benzene rings is 1. The molecule has 1 aromatic carbocycles. The second-order valence-corrected chi connectivity index (χ2v) is 4.78. The lowest BCUT2D eigenvalue weighted by atomic mass is 10.2. The Kier molecular flexibility index (Phi) is 4.76. The number of ether oxygens (including phenoxy) is 1. The second kappa shape index (κ2) is 6.54. The normalized spacial score (nSPS) is 20.2. The number of morpholine rings is 1. The molecule has 0 spiro atoms. The van der Waals surface area contributed by atoms with Crippen molar-refractivity contribution in [3.05, 3.63) is 24.3 Å². The van der Waals surface area contributed by atoms with Gasteiger partial charge < -0.3 is 15.8 Å². The molecule has 1 unspecified atom stereocenters. The zero-order valence-corrected chi connectivity index (χ0v) is 11.3. The van der Waals surface area contributed by atoms with Gasteiger partial charge in [-0.15, -0.1) is 0 Å². The monoisotopic (exact) mass is 263 g/mol. The Morgan fingerprint density at radius 2 is 2.21 bits per heavy atom. The third-order valence-corrected chi connectivity index (χ3v) is 3.36. The van der Waals surface area contributed by atoms with Crippen LogP contribution in [0.15, 0.2) is 24.3 Å². The highest BCUT2D eigenvalue weighted by Crippen LogP contribution is 2.12. The van der Waals surface area contributed by atoms with Crippen molar-refractivity contribution in [1.29, 1.82) is 0 Å². The molecule has 0 saturated carbocycles. The van der Waals surface area contributed by atoms with Crippen LogP contribution in [0.25, 0.3) is 0 Å². The molecule has 1 saturated heterocycles. The van der Waals surface area contributed by atoms with Gasteiger partial charge in [0.2, 0.25) is 5.91 Å². The summed E-state index contributed by atoms with van der Waals surface area (Å²) in [5.41, 5.74) is 7.08. The second-order valence-electron chi connectivity index (χ2n) is 4.78. The van der Waals surface area contributed by atoms with E-state index < -0.39 is 0 Å². The van der Waals surface area contributed by atoms with E-state index in [-0.39, 0.29) is 5.91 Å². The summed E-state index contributed by atoms with van der Waals surface area (Å²) < 4.78 is 5.43. The molecular formula is C14H21N3O2. The summed E-state index contributed by atoms with van der Waals surface area (Å²) >= 11 is 0. The van der Waals surface area contributed by atoms with Gasteiger partial charge >= 0.3 is 0 Å². The quantitative estimate of drug-likeness (QED) is 0.804. The number of carbonyl (C=O) groups excluding carboxylic acids is 1. The van der Waals surface area contributed by atoms with Gasteiger partial charge in [-0.2, -0.15) is 0 Å². The van der Waals surface area contributed by atoms with Crippen LogP contribution in [0.5, 0.6) is 0 Å². The smallest absolute Gasteiger partial charge is 0.238 e. The van der Waals surface area contributed by atoms with Gasteiger partial charge in [0.1, 0.15) is 0 Å². The van der Waals surface area contributed by atoms with Crippen molar-refractivity contribution in [2.45, 2.75) is 19.4 Å². The van der Waals surface area contributed by atoms with Gasteiger partial charge in [0, 0.05) is 24.0 Å². The van der Waals surface area contributed by atoms with E-state index in [1.165, 1.54) is 0 Å². The number of rotatable bonds is 4. The first-order chi connectivity index (χ1) is 9.19. The Hall–Kier alpha value is -1.59. The van der Waals surface area contributed by atoms with Crippen LogP contribution in [-0.2, 0) is 9.53 Å². The van der Waals surface area contributed by atoms with Gasteiger partial charge in [-0.3, -0.25) is 9.69 Å². The predicted octanol–water partition coefficient (Wildman–Crippen LogP) is 1.32. The Balaban J connectivity index is 1.88. The number of nitrogens with two attached hydrogens (primary N) is 1. The Morgan fingerprint density at radius 1 is 1.47 bits per heavy atom. The maximum atomic E-state index is 12.0. The van der Waals surface area contributed by atoms with Crippen molar-refractivity contribution < 1.29 is 9.53 Å². The van der Waals surface area contributed by atoms with Crippen LogP contribution in [0.1, 0.15) is 13.3 Å². The third-order valence-electron chi connectivity index (χ3n) is 3.36. The fourth-order valence-electron chi connectivity index (χ4n) is 2.22. The third kappa shape index (κ3) is 3.94. The lowest BCUT2D eigenvalue weighted by Crippen LogP contribution is -2.48. The minimum atomic E-state index is 0.00474. The van der Waals surface area contributed by atoms with Gasteiger partial charge in [0.25, 0.3) is 0 Å². The molecule has 1 atom stereocenters. The van der Waals surface area contributed by atoms with E-state index in [2.05, 4.69) is 17.1 Å². The lowest BCUT2D eigenvalue weighted by Gasteiger charge is -2.34. The van der Waals surface area contributed by atoms with E-state index in [1.54, 1.807) is 12.1 Å². The molecule has 5 nitrogen and oxygen atoms in total. The number of nitrogens with one attached hydrogen (secondary N) is 1. The first kappa shape index (κ1) is 13.8. The molecule has 5 heteroatoms. The first-order valence-corrected chi connectivity index (χ1v) is 6.66. The van der Waals surface area contributed by atoms with Gasteiger partial charge in [-0.1, -0.05) is 6.92 Å². The number of anilines is 2. The predicted molar refractivity (Wildman–Crippen MR) is 76.0 cm³/mol. The van der Waals surface area contributed by atoms with Crippen LogP contribution < -0.4 is 11.1 Å². The largest absolute Gasteiger partial charge is 0.399 e. The van der Waals surface area contributed by atoms with Crippen molar-refractivity contribution in [2.75, 3.05) is 37.4 Å². The molecule has 1 fully saturated rings. The fraction of sp³-hybridized carbons (Fsp3) is 0.500. The topological polar surface area (TPSA) is 67.6 Å². The van der Waals surface area contributed by atoms with Gasteiger partial charge in [-0.05, 0) is 30.7 Å². The van der Waals surface area contributed by atoms with E-state index in [4.69, 9.17) is 10.5 Å². The highest BCUT2D eigenvalue weighted by molar-refractivity contribution is 5.92. The van der Waals surface area contributed by atoms with Crippen LogP contribution in [0.3, 0.4) is 0 Å². The minimum absolute atomic E-state index is 0.00474. The number of carbonyl (C=O) groups is 1. The number of amides is 1. The molecule has 1 aliphatic rings. The molecule has 1 aliphatic heterocycles. The van der Waals surface area contributed by atoms with E-state index in [0.29, 0.717) is 31.5 Å². The summed E-state index contributed by atoms with van der Waals surface area (Å²) in [6.45, 7) is 4.75. The van der Waals surface area contributed by atoms with Gasteiger partial charge in [0.15, 0.2) is 0 Å². The molecule has 0 aromatic heterocycles. The number of hydrogen-bond donors (Lipinski definition) is 2. The highest BCUT2D eigenvalue weighted by atomic mass is 16.5. The van der Waals surface area contributed by atoms with Crippen molar-refractivity contribution >= 4 is 17.3 Å². The van der Waals surface area contributed by atoms with E-state index in [1.807, 2.05) is 12.1 Å². The maximum absolute atomic E-state index is 12.0. The van der Waals surface area contributed by atoms with Crippen molar-refractivity contribution in [3.8, 4) is 0 Å². The maximum Gasteiger partial charge on any atom is 0.238 e. The van der Waals surface area contributed by atoms with E-state index in [0.717, 1.165) is 18.7 Å². The Bertz CT molecular complexity index is 419. The van der Waals surface area contributed by atoms with Crippen molar-refractivity contribution in [3.63, 3.8) is 0 Å². The summed E-state index contributed by atoms with van der Waals surface area (Å²) in [5.74, 6) is 0.00474.